The van der Waals surface area contributed by atoms with Crippen LogP contribution < -0.4 is 10.1 Å². The van der Waals surface area contributed by atoms with Crippen LogP contribution in [0.2, 0.25) is 0 Å². The minimum Gasteiger partial charge on any atom is -0.508 e. The lowest BCUT2D eigenvalue weighted by atomic mass is 9.99. The van der Waals surface area contributed by atoms with Gasteiger partial charge in [-0.1, -0.05) is 24.3 Å². The van der Waals surface area contributed by atoms with E-state index < -0.39 is 0 Å². The molecule has 0 saturated carbocycles. The highest BCUT2D eigenvalue weighted by Crippen LogP contribution is 2.31. The van der Waals surface area contributed by atoms with Crippen LogP contribution in [0.15, 0.2) is 54.7 Å². The van der Waals surface area contributed by atoms with Crippen molar-refractivity contribution in [2.24, 2.45) is 5.92 Å². The Kier molecular flexibility index (Phi) is 6.79. The lowest BCUT2D eigenvalue weighted by Crippen LogP contribution is -2.30. The van der Waals surface area contributed by atoms with E-state index in [1.807, 2.05) is 12.1 Å². The summed E-state index contributed by atoms with van der Waals surface area (Å²) < 4.78 is 6.05. The third kappa shape index (κ3) is 5.60. The van der Waals surface area contributed by atoms with Gasteiger partial charge in [0.25, 0.3) is 0 Å². The van der Waals surface area contributed by atoms with Crippen LogP contribution in [-0.2, 0) is 6.54 Å². The van der Waals surface area contributed by atoms with Crippen LogP contribution in [0.5, 0.6) is 11.6 Å². The van der Waals surface area contributed by atoms with Gasteiger partial charge in [0, 0.05) is 17.7 Å². The van der Waals surface area contributed by atoms with Gasteiger partial charge in [-0.3, -0.25) is 0 Å². The second-order valence-electron chi connectivity index (χ2n) is 8.39. The van der Waals surface area contributed by atoms with Gasteiger partial charge in [0.2, 0.25) is 5.88 Å². The minimum atomic E-state index is 0.230. The van der Waals surface area contributed by atoms with Crippen LogP contribution in [-0.4, -0.2) is 53.8 Å². The first-order chi connectivity index (χ1) is 15.1. The normalized spacial score (nSPS) is 14.7. The largest absolute Gasteiger partial charge is 0.508 e. The summed E-state index contributed by atoms with van der Waals surface area (Å²) in [5, 5.41) is 13.1. The van der Waals surface area contributed by atoms with Crippen molar-refractivity contribution < 1.29 is 9.84 Å². The molecule has 0 aliphatic carbocycles. The van der Waals surface area contributed by atoms with E-state index in [0.717, 1.165) is 55.0 Å². The maximum absolute atomic E-state index is 9.67. The van der Waals surface area contributed by atoms with Crippen LogP contribution in [0, 0.1) is 5.92 Å². The molecule has 0 bridgehead atoms. The number of piperidine rings is 1. The van der Waals surface area contributed by atoms with E-state index in [-0.39, 0.29) is 5.75 Å². The van der Waals surface area contributed by atoms with Crippen molar-refractivity contribution in [3.63, 3.8) is 0 Å². The Morgan fingerprint density at radius 2 is 1.61 bits per heavy atom. The van der Waals surface area contributed by atoms with Crippen LogP contribution >= 0.6 is 0 Å². The van der Waals surface area contributed by atoms with Gasteiger partial charge in [-0.2, -0.15) is 0 Å². The Labute approximate surface area is 183 Å². The molecule has 0 amide bonds. The Morgan fingerprint density at radius 1 is 0.968 bits per heavy atom. The van der Waals surface area contributed by atoms with E-state index in [9.17, 15) is 5.11 Å². The molecule has 6 heteroatoms. The van der Waals surface area contributed by atoms with Crippen LogP contribution in [0.3, 0.4) is 0 Å². The van der Waals surface area contributed by atoms with E-state index in [1.165, 1.54) is 5.56 Å². The second kappa shape index (κ2) is 9.90. The highest BCUT2D eigenvalue weighted by atomic mass is 16.5. The number of ether oxygens (including phenoxy) is 1. The van der Waals surface area contributed by atoms with Crippen LogP contribution in [0.1, 0.15) is 18.4 Å². The van der Waals surface area contributed by atoms with E-state index in [1.54, 1.807) is 18.3 Å². The van der Waals surface area contributed by atoms with Gasteiger partial charge in [0.1, 0.15) is 11.4 Å². The second-order valence-corrected chi connectivity index (χ2v) is 8.39. The number of hydrogen-bond donors (Lipinski definition) is 2. The van der Waals surface area contributed by atoms with Gasteiger partial charge in [-0.05, 0) is 75.8 Å². The van der Waals surface area contributed by atoms with Gasteiger partial charge < -0.3 is 20.1 Å². The third-order valence-electron chi connectivity index (χ3n) is 5.54. The van der Waals surface area contributed by atoms with Gasteiger partial charge >= 0.3 is 0 Å². The quantitative estimate of drug-likeness (QED) is 0.605. The lowest BCUT2D eigenvalue weighted by molar-refractivity contribution is 0.208. The summed E-state index contributed by atoms with van der Waals surface area (Å²) in [7, 11) is 4.12. The number of aromatic nitrogens is 2. The predicted molar refractivity (Wildman–Crippen MR) is 123 cm³/mol. The number of phenols is 1. The summed E-state index contributed by atoms with van der Waals surface area (Å²) in [5.74, 6) is 1.33. The highest BCUT2D eigenvalue weighted by Gasteiger charge is 2.16. The maximum atomic E-state index is 9.67. The summed E-state index contributed by atoms with van der Waals surface area (Å²) in [5.41, 5.74) is 4.69. The molecule has 4 rings (SSSR count). The molecule has 162 valence electrons. The molecule has 31 heavy (non-hydrogen) atoms. The molecule has 1 fully saturated rings. The summed E-state index contributed by atoms with van der Waals surface area (Å²) in [6.45, 7) is 3.64. The standard InChI is InChI=1S/C25H30N4O2/c1-29(2)16-18-3-5-21(6-4-18)25-24(20-7-9-22(30)10-8-20)27-15-23(28-25)31-17-19-11-13-26-14-12-19/h3-10,15,19,26,30H,11-14,16-17H2,1-2H3. The van der Waals surface area contributed by atoms with Crippen molar-refractivity contribution in [1.29, 1.82) is 0 Å². The zero-order valence-electron chi connectivity index (χ0n) is 18.2. The number of rotatable bonds is 7. The van der Waals surface area contributed by atoms with Crippen molar-refractivity contribution in [1.82, 2.24) is 20.2 Å². The molecule has 2 heterocycles. The van der Waals surface area contributed by atoms with Crippen molar-refractivity contribution in [3.05, 3.63) is 60.3 Å². The first-order valence-electron chi connectivity index (χ1n) is 10.8. The van der Waals surface area contributed by atoms with Crippen molar-refractivity contribution in [2.75, 3.05) is 33.8 Å². The van der Waals surface area contributed by atoms with Crippen molar-refractivity contribution >= 4 is 0 Å². The molecule has 1 aliphatic rings. The van der Waals surface area contributed by atoms with E-state index in [4.69, 9.17) is 14.7 Å². The predicted octanol–water partition coefficient (Wildman–Crippen LogP) is 3.96. The number of hydrogen-bond acceptors (Lipinski definition) is 6. The molecule has 0 radical (unpaired) electrons. The topological polar surface area (TPSA) is 70.5 Å². The highest BCUT2D eigenvalue weighted by molar-refractivity contribution is 5.78. The molecule has 1 aromatic heterocycles. The van der Waals surface area contributed by atoms with Crippen LogP contribution in [0.25, 0.3) is 22.5 Å². The van der Waals surface area contributed by atoms with Crippen LogP contribution in [0.4, 0.5) is 0 Å². The SMILES string of the molecule is CN(C)Cc1ccc(-c2nc(OCC3CCNCC3)cnc2-c2ccc(O)cc2)cc1. The van der Waals surface area contributed by atoms with Crippen molar-refractivity contribution in [2.45, 2.75) is 19.4 Å². The van der Waals surface area contributed by atoms with E-state index in [2.05, 4.69) is 48.6 Å². The maximum Gasteiger partial charge on any atom is 0.232 e. The Morgan fingerprint density at radius 3 is 2.29 bits per heavy atom. The first kappa shape index (κ1) is 21.3. The fourth-order valence-corrected chi connectivity index (χ4v) is 3.86. The smallest absolute Gasteiger partial charge is 0.232 e. The Bertz CT molecular complexity index is 981. The molecule has 6 nitrogen and oxygen atoms in total. The molecule has 0 unspecified atom stereocenters. The number of benzene rings is 2. The summed E-state index contributed by atoms with van der Waals surface area (Å²) >= 11 is 0. The monoisotopic (exact) mass is 418 g/mol. The average molecular weight is 419 g/mol. The molecule has 1 saturated heterocycles. The summed E-state index contributed by atoms with van der Waals surface area (Å²) in [6.07, 6.45) is 3.95. The molecule has 1 aliphatic heterocycles. The molecular weight excluding hydrogens is 388 g/mol. The van der Waals surface area contributed by atoms with Gasteiger partial charge in [0.05, 0.1) is 18.5 Å². The van der Waals surface area contributed by atoms with E-state index >= 15 is 0 Å². The zero-order valence-corrected chi connectivity index (χ0v) is 18.2. The fraction of sp³-hybridized carbons (Fsp3) is 0.360. The first-order valence-corrected chi connectivity index (χ1v) is 10.8. The molecular formula is C25H30N4O2. The molecule has 0 atom stereocenters. The number of phenolic OH excluding ortho intramolecular Hbond substituents is 1. The molecule has 0 spiro atoms. The molecule has 2 N–H and O–H groups in total. The number of nitrogens with one attached hydrogen (secondary N) is 1. The average Bonchev–Trinajstić information content (AvgIpc) is 2.79. The Balaban J connectivity index is 1.63. The summed E-state index contributed by atoms with van der Waals surface area (Å²) in [4.78, 5) is 11.7. The van der Waals surface area contributed by atoms with Gasteiger partial charge in [-0.25, -0.2) is 9.97 Å². The van der Waals surface area contributed by atoms with E-state index in [0.29, 0.717) is 18.4 Å². The fourth-order valence-electron chi connectivity index (χ4n) is 3.86. The lowest BCUT2D eigenvalue weighted by Gasteiger charge is -2.22. The minimum absolute atomic E-state index is 0.230. The van der Waals surface area contributed by atoms with Gasteiger partial charge in [-0.15, -0.1) is 0 Å². The number of nitrogens with zero attached hydrogens (tertiary/aromatic N) is 3. The molecule has 3 aromatic rings. The summed E-state index contributed by atoms with van der Waals surface area (Å²) in [6, 6.07) is 15.5. The van der Waals surface area contributed by atoms with Gasteiger partial charge in [0.15, 0.2) is 0 Å². The third-order valence-corrected chi connectivity index (χ3v) is 5.54. The Hall–Kier alpha value is -2.96. The van der Waals surface area contributed by atoms with Crippen molar-refractivity contribution in [3.8, 4) is 34.1 Å². The molecule has 2 aromatic carbocycles. The zero-order chi connectivity index (χ0) is 21.6. The number of aromatic hydroxyl groups is 1.